The van der Waals surface area contributed by atoms with Gasteiger partial charge in [0.05, 0.1) is 19.3 Å². The first-order valence-corrected chi connectivity index (χ1v) is 12.8. The van der Waals surface area contributed by atoms with Crippen LogP contribution in [0.4, 0.5) is 0 Å². The zero-order valence-corrected chi connectivity index (χ0v) is 21.9. The molecule has 10 nitrogen and oxygen atoms in total. The van der Waals surface area contributed by atoms with Gasteiger partial charge in [-0.2, -0.15) is 13.0 Å². The van der Waals surface area contributed by atoms with Crippen LogP contribution < -0.4 is 27.5 Å². The number of aromatic nitrogens is 3. The van der Waals surface area contributed by atoms with E-state index in [4.69, 9.17) is 22.1 Å². The molecule has 0 fully saturated rings. The minimum absolute atomic E-state index is 0.0843. The maximum atomic E-state index is 13.8. The van der Waals surface area contributed by atoms with Crippen LogP contribution in [0.1, 0.15) is 22.7 Å². The normalized spacial score (nSPS) is 11.7. The van der Waals surface area contributed by atoms with E-state index in [0.717, 1.165) is 4.57 Å². The summed E-state index contributed by atoms with van der Waals surface area (Å²) < 4.78 is 32.0. The van der Waals surface area contributed by atoms with Gasteiger partial charge in [-0.05, 0) is 30.2 Å². The summed E-state index contributed by atoms with van der Waals surface area (Å²) in [5, 5.41) is -0.0843. The molecule has 1 atom stereocenters. The number of aryl methyl sites for hydroxylation is 1. The highest BCUT2D eigenvalue weighted by molar-refractivity contribution is 7.73. The molecule has 3 aromatic carbocycles. The van der Waals surface area contributed by atoms with Crippen molar-refractivity contribution in [1.29, 1.82) is 0 Å². The van der Waals surface area contributed by atoms with Gasteiger partial charge >= 0.3 is 17.1 Å². The molecule has 196 valence electrons. The molecular formula is C26H23ClN4O6S. The van der Waals surface area contributed by atoms with Gasteiger partial charge in [0.2, 0.25) is 10.3 Å². The second-order valence-electron chi connectivity index (χ2n) is 8.29. The highest BCUT2D eigenvalue weighted by Gasteiger charge is 2.25. The van der Waals surface area contributed by atoms with E-state index in [1.165, 1.54) is 31.4 Å². The van der Waals surface area contributed by atoms with Crippen LogP contribution in [0.15, 0.2) is 87.2 Å². The predicted octanol–water partition coefficient (Wildman–Crippen LogP) is 1.74. The molecule has 4 rings (SSSR count). The van der Waals surface area contributed by atoms with Gasteiger partial charge < -0.3 is 10.5 Å². The highest BCUT2D eigenvalue weighted by Crippen LogP contribution is 2.29. The summed E-state index contributed by atoms with van der Waals surface area (Å²) in [6, 6.07) is 18.6. The molecule has 2 N–H and O–H groups in total. The number of hydrogen-bond donors (Lipinski definition) is 1. The monoisotopic (exact) mass is 554 g/mol. The molecule has 1 heterocycles. The lowest BCUT2D eigenvalue weighted by atomic mass is 10.1. The summed E-state index contributed by atoms with van der Waals surface area (Å²) in [7, 11) is -1.71. The average Bonchev–Trinajstić information content (AvgIpc) is 2.91. The van der Waals surface area contributed by atoms with Crippen molar-refractivity contribution in [2.24, 2.45) is 5.73 Å². The number of ether oxygens (including phenoxy) is 1. The standard InChI is InChI=1S/C26H23ClN4O6S/c1-16-9-6-7-12-18(16)23(38(35)36)31-25(33)29(15-19(28)17-10-4-3-5-11-17)24(32)30(26(31)34)20-13-8-14-21(37-2)22(20)27/h3-14,19H,15,28H2,1-2H3. The van der Waals surface area contributed by atoms with E-state index in [1.807, 2.05) is 0 Å². The molecule has 0 aliphatic carbocycles. The molecule has 4 aromatic rings. The molecule has 0 amide bonds. The van der Waals surface area contributed by atoms with Crippen molar-refractivity contribution in [2.45, 2.75) is 19.5 Å². The zero-order chi connectivity index (χ0) is 27.6. The van der Waals surface area contributed by atoms with Gasteiger partial charge in [0, 0.05) is 11.6 Å². The summed E-state index contributed by atoms with van der Waals surface area (Å²) in [6.45, 7) is 1.28. The number of hydrogen-bond acceptors (Lipinski definition) is 7. The lowest BCUT2D eigenvalue weighted by Crippen LogP contribution is -2.57. The third-order valence-corrected chi connectivity index (χ3v) is 7.07. The summed E-state index contributed by atoms with van der Waals surface area (Å²) in [4.78, 5) is 40.5. The van der Waals surface area contributed by atoms with Gasteiger partial charge in [-0.1, -0.05) is 72.3 Å². The van der Waals surface area contributed by atoms with Crippen molar-refractivity contribution in [3.8, 4) is 11.4 Å². The maximum absolute atomic E-state index is 13.8. The Hall–Kier alpha value is -4.19. The number of methoxy groups -OCH3 is 1. The molecule has 0 aliphatic heterocycles. The van der Waals surface area contributed by atoms with Crippen molar-refractivity contribution in [2.75, 3.05) is 7.11 Å². The van der Waals surface area contributed by atoms with E-state index >= 15 is 0 Å². The first-order chi connectivity index (χ1) is 18.2. The Morgan fingerprint density at radius 2 is 1.58 bits per heavy atom. The zero-order valence-electron chi connectivity index (χ0n) is 20.4. The molecular weight excluding hydrogens is 532 g/mol. The lowest BCUT2D eigenvalue weighted by Gasteiger charge is -2.18. The number of halogens is 1. The molecule has 1 unspecified atom stereocenters. The molecule has 0 saturated heterocycles. The fourth-order valence-corrected chi connectivity index (χ4v) is 5.05. The predicted molar refractivity (Wildman–Crippen MR) is 145 cm³/mol. The summed E-state index contributed by atoms with van der Waals surface area (Å²) in [5.41, 5.74) is 4.02. The van der Waals surface area contributed by atoms with Crippen molar-refractivity contribution in [3.63, 3.8) is 0 Å². The van der Waals surface area contributed by atoms with Gasteiger partial charge in [-0.3, -0.25) is 0 Å². The quantitative estimate of drug-likeness (QED) is 0.359. The molecule has 1 aromatic heterocycles. The Morgan fingerprint density at radius 3 is 2.21 bits per heavy atom. The van der Waals surface area contributed by atoms with Crippen molar-refractivity contribution in [1.82, 2.24) is 13.7 Å². The Kier molecular flexibility index (Phi) is 7.81. The molecule has 0 bridgehead atoms. The first-order valence-electron chi connectivity index (χ1n) is 11.3. The fraction of sp³-hybridized carbons (Fsp3) is 0.154. The lowest BCUT2D eigenvalue weighted by molar-refractivity contribution is 0.414. The third-order valence-electron chi connectivity index (χ3n) is 5.97. The van der Waals surface area contributed by atoms with E-state index in [1.54, 1.807) is 55.5 Å². The second-order valence-corrected chi connectivity index (χ2v) is 9.53. The smallest absolute Gasteiger partial charge is 0.346 e. The van der Waals surface area contributed by atoms with Crippen molar-refractivity contribution in [3.05, 3.63) is 126 Å². The van der Waals surface area contributed by atoms with E-state index in [0.29, 0.717) is 20.3 Å². The van der Waals surface area contributed by atoms with Crippen LogP contribution in [0.5, 0.6) is 5.75 Å². The Morgan fingerprint density at radius 1 is 0.921 bits per heavy atom. The van der Waals surface area contributed by atoms with Crippen LogP contribution >= 0.6 is 11.6 Å². The number of nitrogens with two attached hydrogens (primary N) is 1. The molecule has 0 spiro atoms. The molecule has 38 heavy (non-hydrogen) atoms. The topological polar surface area (TPSA) is 135 Å². The molecule has 0 aliphatic rings. The maximum Gasteiger partial charge on any atom is 0.346 e. The van der Waals surface area contributed by atoms with E-state index in [9.17, 15) is 22.8 Å². The Bertz CT molecular complexity index is 1830. The minimum atomic E-state index is -3.06. The van der Waals surface area contributed by atoms with Crippen LogP contribution in [-0.2, 0) is 16.8 Å². The van der Waals surface area contributed by atoms with Gasteiger partial charge in [0.15, 0.2) is 4.99 Å². The Balaban J connectivity index is 2.12. The van der Waals surface area contributed by atoms with E-state index in [-0.39, 0.29) is 28.6 Å². The highest BCUT2D eigenvalue weighted by atomic mass is 35.5. The fourth-order valence-electron chi connectivity index (χ4n) is 4.05. The largest absolute Gasteiger partial charge is 0.495 e. The summed E-state index contributed by atoms with van der Waals surface area (Å²) in [5.74, 6) is 0.163. The van der Waals surface area contributed by atoms with Gasteiger partial charge in [0.1, 0.15) is 10.8 Å². The average molecular weight is 555 g/mol. The second kappa shape index (κ2) is 11.1. The number of rotatable bonds is 6. The Labute approximate surface area is 223 Å². The van der Waals surface area contributed by atoms with Crippen LogP contribution in [0.25, 0.3) is 5.69 Å². The van der Waals surface area contributed by atoms with Gasteiger partial charge in [0.25, 0.3) is 0 Å². The van der Waals surface area contributed by atoms with Crippen LogP contribution in [0, 0.1) is 6.92 Å². The van der Waals surface area contributed by atoms with Crippen LogP contribution in [0.2, 0.25) is 5.02 Å². The van der Waals surface area contributed by atoms with Gasteiger partial charge in [-0.15, -0.1) is 0 Å². The van der Waals surface area contributed by atoms with E-state index in [2.05, 4.69) is 0 Å². The number of benzene rings is 3. The van der Waals surface area contributed by atoms with Crippen LogP contribution in [0.3, 0.4) is 0 Å². The SMILES string of the molecule is COc1cccc(-n2c(=O)n(CC(N)c3ccccc3)c(=O)n(C(c3ccccc3C)=S(=O)=O)c2=O)c1Cl. The summed E-state index contributed by atoms with van der Waals surface area (Å²) in [6.07, 6.45) is 0. The summed E-state index contributed by atoms with van der Waals surface area (Å²) >= 11 is 6.44. The van der Waals surface area contributed by atoms with Crippen LogP contribution in [-0.4, -0.2) is 34.2 Å². The number of nitrogens with zero attached hydrogens (tertiary/aromatic N) is 3. The molecule has 12 heteroatoms. The first kappa shape index (κ1) is 26.9. The van der Waals surface area contributed by atoms with E-state index < -0.39 is 38.4 Å². The van der Waals surface area contributed by atoms with Crippen molar-refractivity contribution >= 4 is 26.9 Å². The van der Waals surface area contributed by atoms with Crippen molar-refractivity contribution < 1.29 is 13.2 Å². The molecule has 0 radical (unpaired) electrons. The van der Waals surface area contributed by atoms with Gasteiger partial charge in [-0.25, -0.2) is 23.5 Å². The minimum Gasteiger partial charge on any atom is -0.495 e. The molecule has 0 saturated carbocycles. The third kappa shape index (κ3) is 4.86.